The summed E-state index contributed by atoms with van der Waals surface area (Å²) >= 11 is 0. The largest absolute Gasteiger partial charge is 0.339 e. The monoisotopic (exact) mass is 251 g/mol. The summed E-state index contributed by atoms with van der Waals surface area (Å²) in [6.45, 7) is 9.75. The van der Waals surface area contributed by atoms with Gasteiger partial charge in [-0.25, -0.2) is 0 Å². The highest BCUT2D eigenvalue weighted by Crippen LogP contribution is 2.05. The molecule has 0 atom stereocenters. The number of carbonyl (C=O) groups is 1. The van der Waals surface area contributed by atoms with Gasteiger partial charge in [0.25, 0.3) is 0 Å². The van der Waals surface area contributed by atoms with E-state index in [-0.39, 0.29) is 5.91 Å². The van der Waals surface area contributed by atoms with E-state index in [1.165, 1.54) is 5.57 Å². The summed E-state index contributed by atoms with van der Waals surface area (Å²) in [5.41, 5.74) is 1.30. The van der Waals surface area contributed by atoms with Crippen molar-refractivity contribution in [3.8, 4) is 0 Å². The second kappa shape index (κ2) is 11.1. The molecule has 2 heteroatoms. The Morgan fingerprint density at radius 3 is 2.39 bits per heavy atom. The molecule has 0 bridgehead atoms. The zero-order valence-corrected chi connectivity index (χ0v) is 12.5. The predicted octanol–water partition coefficient (Wildman–Crippen LogP) is 4.33. The van der Waals surface area contributed by atoms with Crippen molar-refractivity contribution in [1.82, 2.24) is 4.90 Å². The van der Waals surface area contributed by atoms with E-state index in [4.69, 9.17) is 0 Å². The van der Waals surface area contributed by atoms with Crippen molar-refractivity contribution < 1.29 is 4.79 Å². The van der Waals surface area contributed by atoms with Gasteiger partial charge < -0.3 is 4.90 Å². The van der Waals surface area contributed by atoms with Crippen LogP contribution in [0.25, 0.3) is 0 Å². The van der Waals surface area contributed by atoms with Crippen LogP contribution < -0.4 is 0 Å². The fraction of sp³-hybridized carbons (Fsp3) is 0.688. The normalized spacial score (nSPS) is 12.1. The van der Waals surface area contributed by atoms with Crippen LogP contribution in [0.4, 0.5) is 0 Å². The van der Waals surface area contributed by atoms with Crippen LogP contribution in [-0.4, -0.2) is 23.9 Å². The van der Waals surface area contributed by atoms with Gasteiger partial charge in [-0.05, 0) is 32.6 Å². The van der Waals surface area contributed by atoms with Gasteiger partial charge in [0.2, 0.25) is 5.91 Å². The fourth-order valence-corrected chi connectivity index (χ4v) is 1.77. The van der Waals surface area contributed by atoms with Crippen LogP contribution in [0, 0.1) is 0 Å². The topological polar surface area (TPSA) is 20.3 Å². The molecule has 0 rings (SSSR count). The van der Waals surface area contributed by atoms with Crippen molar-refractivity contribution in [2.24, 2.45) is 0 Å². The Kier molecular flexibility index (Phi) is 10.4. The van der Waals surface area contributed by atoms with Crippen molar-refractivity contribution >= 4 is 5.91 Å². The van der Waals surface area contributed by atoms with E-state index in [1.807, 2.05) is 4.90 Å². The molecule has 2 nitrogen and oxygen atoms in total. The zero-order valence-electron chi connectivity index (χ0n) is 12.5. The Morgan fingerprint density at radius 2 is 1.83 bits per heavy atom. The summed E-state index contributed by atoms with van der Waals surface area (Å²) in [5.74, 6) is 0.182. The first-order valence-electron chi connectivity index (χ1n) is 7.17. The van der Waals surface area contributed by atoms with Gasteiger partial charge in [0.15, 0.2) is 0 Å². The number of rotatable bonds is 9. The minimum Gasteiger partial charge on any atom is -0.339 e. The van der Waals surface area contributed by atoms with Gasteiger partial charge in [-0.15, -0.1) is 0 Å². The minimum absolute atomic E-state index is 0.182. The van der Waals surface area contributed by atoms with Gasteiger partial charge in [0.05, 0.1) is 0 Å². The van der Waals surface area contributed by atoms with Crippen molar-refractivity contribution in [3.05, 3.63) is 23.8 Å². The summed E-state index contributed by atoms with van der Waals surface area (Å²) < 4.78 is 0. The Bertz CT molecular complexity index is 279. The molecule has 0 aliphatic heterocycles. The second-order valence-electron chi connectivity index (χ2n) is 4.80. The Morgan fingerprint density at radius 1 is 1.11 bits per heavy atom. The molecule has 0 N–H and O–H groups in total. The van der Waals surface area contributed by atoms with Crippen molar-refractivity contribution in [2.45, 2.75) is 59.8 Å². The highest BCUT2D eigenvalue weighted by molar-refractivity contribution is 5.73. The van der Waals surface area contributed by atoms with Crippen LogP contribution in [0.2, 0.25) is 0 Å². The molecule has 104 valence electrons. The van der Waals surface area contributed by atoms with E-state index in [0.717, 1.165) is 45.2 Å². The summed E-state index contributed by atoms with van der Waals surface area (Å²) in [7, 11) is 0. The van der Waals surface area contributed by atoms with Gasteiger partial charge in [0, 0.05) is 20.0 Å². The molecule has 0 aromatic heterocycles. The average Bonchev–Trinajstić information content (AvgIpc) is 2.33. The lowest BCUT2D eigenvalue weighted by molar-refractivity contribution is -0.128. The highest BCUT2D eigenvalue weighted by Gasteiger charge is 2.07. The third-order valence-corrected chi connectivity index (χ3v) is 2.90. The SMILES string of the molecule is CC/C=C\CC/C=C(/C)CN(CCCC)C(C)=O. The van der Waals surface area contributed by atoms with Gasteiger partial charge in [-0.1, -0.05) is 44.1 Å². The van der Waals surface area contributed by atoms with Gasteiger partial charge in [-0.2, -0.15) is 0 Å². The van der Waals surface area contributed by atoms with Crippen molar-refractivity contribution in [3.63, 3.8) is 0 Å². The number of allylic oxidation sites excluding steroid dienone is 3. The molecule has 0 aliphatic rings. The second-order valence-corrected chi connectivity index (χ2v) is 4.80. The lowest BCUT2D eigenvalue weighted by Crippen LogP contribution is -2.31. The molecular formula is C16H29NO. The number of hydrogen-bond acceptors (Lipinski definition) is 1. The molecule has 0 saturated carbocycles. The van der Waals surface area contributed by atoms with Crippen LogP contribution in [0.5, 0.6) is 0 Å². The molecule has 1 amide bonds. The number of nitrogens with zero attached hydrogens (tertiary/aromatic N) is 1. The number of amides is 1. The molecule has 0 aromatic rings. The maximum absolute atomic E-state index is 11.5. The van der Waals surface area contributed by atoms with Crippen molar-refractivity contribution in [2.75, 3.05) is 13.1 Å². The highest BCUT2D eigenvalue weighted by atomic mass is 16.2. The van der Waals surface area contributed by atoms with E-state index in [2.05, 4.69) is 39.0 Å². The van der Waals surface area contributed by atoms with E-state index in [1.54, 1.807) is 6.92 Å². The summed E-state index contributed by atoms with van der Waals surface area (Å²) in [4.78, 5) is 13.4. The Hall–Kier alpha value is -1.05. The van der Waals surface area contributed by atoms with Crippen LogP contribution >= 0.6 is 0 Å². The van der Waals surface area contributed by atoms with Gasteiger partial charge in [0.1, 0.15) is 0 Å². The lowest BCUT2D eigenvalue weighted by Gasteiger charge is -2.21. The maximum Gasteiger partial charge on any atom is 0.219 e. The Labute approximate surface area is 113 Å². The Balaban J connectivity index is 4.06. The number of unbranched alkanes of at least 4 members (excludes halogenated alkanes) is 2. The fourth-order valence-electron chi connectivity index (χ4n) is 1.77. The van der Waals surface area contributed by atoms with Gasteiger partial charge >= 0.3 is 0 Å². The third kappa shape index (κ3) is 9.03. The molecule has 0 aromatic carbocycles. The molecule has 0 aliphatic carbocycles. The zero-order chi connectivity index (χ0) is 13.8. The molecule has 18 heavy (non-hydrogen) atoms. The van der Waals surface area contributed by atoms with E-state index >= 15 is 0 Å². The number of hydrogen-bond donors (Lipinski definition) is 0. The predicted molar refractivity (Wildman–Crippen MR) is 79.6 cm³/mol. The van der Waals surface area contributed by atoms with Crippen LogP contribution in [0.3, 0.4) is 0 Å². The van der Waals surface area contributed by atoms with E-state index in [0.29, 0.717) is 0 Å². The molecule has 0 spiro atoms. The van der Waals surface area contributed by atoms with E-state index < -0.39 is 0 Å². The summed E-state index contributed by atoms with van der Waals surface area (Å²) in [6, 6.07) is 0. The maximum atomic E-state index is 11.5. The smallest absolute Gasteiger partial charge is 0.219 e. The van der Waals surface area contributed by atoms with Crippen LogP contribution in [-0.2, 0) is 4.79 Å². The van der Waals surface area contributed by atoms with Crippen LogP contribution in [0.1, 0.15) is 59.8 Å². The van der Waals surface area contributed by atoms with Gasteiger partial charge in [-0.3, -0.25) is 4.79 Å². The molecule has 0 saturated heterocycles. The quantitative estimate of drug-likeness (QED) is 0.441. The standard InChI is InChI=1S/C16H29NO/c1-5-7-9-10-11-12-15(3)14-17(16(4)18)13-8-6-2/h7,9,12H,5-6,8,10-11,13-14H2,1-4H3/b9-7-,15-12-. The molecule has 0 unspecified atom stereocenters. The first kappa shape index (κ1) is 16.9. The number of carbonyl (C=O) groups excluding carboxylic acids is 1. The average molecular weight is 251 g/mol. The lowest BCUT2D eigenvalue weighted by atomic mass is 10.2. The summed E-state index contributed by atoms with van der Waals surface area (Å²) in [6.07, 6.45) is 12.2. The molecule has 0 heterocycles. The van der Waals surface area contributed by atoms with Crippen molar-refractivity contribution in [1.29, 1.82) is 0 Å². The van der Waals surface area contributed by atoms with Crippen LogP contribution in [0.15, 0.2) is 23.8 Å². The first-order valence-corrected chi connectivity index (χ1v) is 7.17. The van der Waals surface area contributed by atoms with E-state index in [9.17, 15) is 4.79 Å². The first-order chi connectivity index (χ1) is 8.61. The summed E-state index contributed by atoms with van der Waals surface area (Å²) in [5, 5.41) is 0. The molecule has 0 fully saturated rings. The third-order valence-electron chi connectivity index (χ3n) is 2.90. The molecule has 0 radical (unpaired) electrons. The molecular weight excluding hydrogens is 222 g/mol. The minimum atomic E-state index is 0.182.